The Balaban J connectivity index is 0.000000170. The van der Waals surface area contributed by atoms with Gasteiger partial charge in [-0.25, -0.2) is 4.98 Å². The first-order chi connectivity index (χ1) is 20.4. The fourth-order valence-corrected chi connectivity index (χ4v) is 6.46. The molecule has 0 unspecified atom stereocenters. The number of hydrogen-bond acceptors (Lipinski definition) is 6. The van der Waals surface area contributed by atoms with Crippen LogP contribution in [-0.2, 0) is 4.74 Å². The molecule has 1 spiro atoms. The molecule has 2 aliphatic rings. The van der Waals surface area contributed by atoms with Crippen molar-refractivity contribution in [2.45, 2.75) is 31.6 Å². The van der Waals surface area contributed by atoms with Gasteiger partial charge in [0.05, 0.1) is 25.8 Å². The molecule has 0 atom stereocenters. The molecule has 1 aliphatic heterocycles. The summed E-state index contributed by atoms with van der Waals surface area (Å²) in [5.41, 5.74) is 14.9. The third kappa shape index (κ3) is 6.14. The highest BCUT2D eigenvalue weighted by Gasteiger charge is 2.46. The number of nitrogen functional groups attached to an aromatic ring is 2. The van der Waals surface area contributed by atoms with Crippen molar-refractivity contribution in [2.24, 2.45) is 5.41 Å². The van der Waals surface area contributed by atoms with E-state index in [-0.39, 0.29) is 0 Å². The van der Waals surface area contributed by atoms with E-state index in [9.17, 15) is 0 Å². The molecule has 7 nitrogen and oxygen atoms in total. The van der Waals surface area contributed by atoms with E-state index < -0.39 is 0 Å². The fraction of sp³-hybridized carbons (Fsp3) is 0.242. The number of nitrogens with one attached hydrogen (secondary N) is 1. The number of nitrogens with two attached hydrogens (primary N) is 2. The Morgan fingerprint density at radius 3 is 1.98 bits per heavy atom. The maximum atomic E-state index is 6.13. The molecular weight excluding hydrogens is 660 g/mol. The van der Waals surface area contributed by atoms with Crippen molar-refractivity contribution in [1.29, 1.82) is 0 Å². The van der Waals surface area contributed by atoms with Gasteiger partial charge in [-0.2, -0.15) is 0 Å². The zero-order chi connectivity index (χ0) is 29.1. The van der Waals surface area contributed by atoms with Crippen LogP contribution in [0, 0.1) is 5.41 Å². The van der Waals surface area contributed by atoms with Crippen molar-refractivity contribution in [3.05, 3.63) is 99.7 Å². The Kier molecular flexibility index (Phi) is 8.42. The number of rotatable bonds is 5. The van der Waals surface area contributed by atoms with E-state index in [0.717, 1.165) is 56.3 Å². The Labute approximate surface area is 261 Å². The zero-order valence-electron chi connectivity index (χ0n) is 23.0. The van der Waals surface area contributed by atoms with Crippen molar-refractivity contribution >= 4 is 54.3 Å². The molecule has 216 valence electrons. The third-order valence-electron chi connectivity index (χ3n) is 7.99. The number of benzene rings is 4. The Hall–Kier alpha value is -3.53. The van der Waals surface area contributed by atoms with Crippen molar-refractivity contribution in [2.75, 3.05) is 24.7 Å². The largest absolute Gasteiger partial charge is 0.454 e. The summed E-state index contributed by atoms with van der Waals surface area (Å²) in [6.07, 6.45) is 4.81. The monoisotopic (exact) mass is 690 g/mol. The molecule has 0 amide bonds. The first kappa shape index (κ1) is 28.6. The van der Waals surface area contributed by atoms with E-state index in [2.05, 4.69) is 42.9 Å². The second kappa shape index (κ2) is 12.4. The average molecular weight is 692 g/mol. The number of para-hydroxylation sites is 2. The molecule has 5 N–H and O–H groups in total. The van der Waals surface area contributed by atoms with E-state index in [1.54, 1.807) is 6.07 Å². The van der Waals surface area contributed by atoms with E-state index in [1.165, 1.54) is 25.7 Å². The molecule has 4 aromatic carbocycles. The number of nitrogens with zero attached hydrogens (tertiary/aromatic N) is 1. The normalized spacial score (nSPS) is 16.0. The van der Waals surface area contributed by atoms with Gasteiger partial charge in [-0.3, -0.25) is 0 Å². The maximum Gasteiger partial charge on any atom is 0.169 e. The topological polar surface area (TPSA) is 108 Å². The number of halogens is 2. The van der Waals surface area contributed by atoms with Crippen LogP contribution in [0.4, 0.5) is 11.4 Å². The Morgan fingerprint density at radius 2 is 1.33 bits per heavy atom. The first-order valence-electron chi connectivity index (χ1n) is 14.0. The van der Waals surface area contributed by atoms with E-state index in [4.69, 9.17) is 30.7 Å². The lowest BCUT2D eigenvalue weighted by Crippen LogP contribution is -2.40. The number of aromatic nitrogens is 2. The standard InChI is InChI=1S/C21H21BrN2O2.C12H11BrN2O/c22-16-6-7-17-18(19(16)26-15-4-2-1-3-5-15)24-20(23-17)14-12-21(13-14)8-10-25-11-9-21;13-9-6-7-10(14)11(15)12(9)16-8-4-2-1-3-5-8/h1-7,14H,8-13H2,(H,23,24);1-7H,14-15H2. The van der Waals surface area contributed by atoms with Gasteiger partial charge in [-0.05, 0) is 111 Å². The highest BCUT2D eigenvalue weighted by molar-refractivity contribution is 9.11. The van der Waals surface area contributed by atoms with Crippen molar-refractivity contribution in [1.82, 2.24) is 9.97 Å². The lowest BCUT2D eigenvalue weighted by atomic mass is 9.58. The number of anilines is 2. The number of imidazole rings is 1. The second-order valence-electron chi connectivity index (χ2n) is 10.8. The summed E-state index contributed by atoms with van der Waals surface area (Å²) >= 11 is 7.00. The molecule has 1 saturated heterocycles. The van der Waals surface area contributed by atoms with Crippen LogP contribution in [0.2, 0.25) is 0 Å². The Bertz CT molecular complexity index is 1660. The number of hydrogen-bond donors (Lipinski definition) is 3. The predicted octanol–water partition coefficient (Wildman–Crippen LogP) is 9.20. The van der Waals surface area contributed by atoms with Crippen LogP contribution in [0.5, 0.6) is 23.0 Å². The van der Waals surface area contributed by atoms with Gasteiger partial charge in [-0.1, -0.05) is 36.4 Å². The van der Waals surface area contributed by atoms with Crippen molar-refractivity contribution < 1.29 is 14.2 Å². The summed E-state index contributed by atoms with van der Waals surface area (Å²) in [6, 6.07) is 26.9. The number of aromatic amines is 1. The third-order valence-corrected chi connectivity index (χ3v) is 9.23. The van der Waals surface area contributed by atoms with Gasteiger partial charge >= 0.3 is 0 Å². The molecule has 7 rings (SSSR count). The van der Waals surface area contributed by atoms with Gasteiger partial charge < -0.3 is 30.7 Å². The number of ether oxygens (including phenoxy) is 3. The van der Waals surface area contributed by atoms with Crippen molar-refractivity contribution in [3.63, 3.8) is 0 Å². The molecule has 1 aromatic heterocycles. The van der Waals surface area contributed by atoms with Gasteiger partial charge in [0, 0.05) is 19.1 Å². The van der Waals surface area contributed by atoms with Gasteiger partial charge in [0.25, 0.3) is 0 Å². The minimum Gasteiger partial charge on any atom is -0.454 e. The van der Waals surface area contributed by atoms with Gasteiger partial charge in [-0.15, -0.1) is 0 Å². The van der Waals surface area contributed by atoms with Crippen LogP contribution >= 0.6 is 31.9 Å². The minimum absolute atomic E-state index is 0.443. The van der Waals surface area contributed by atoms with Crippen LogP contribution in [0.1, 0.15) is 37.4 Å². The highest BCUT2D eigenvalue weighted by Crippen LogP contribution is 2.56. The molecular formula is C33H32Br2N4O3. The highest BCUT2D eigenvalue weighted by atomic mass is 79.9. The van der Waals surface area contributed by atoms with Crippen LogP contribution in [-0.4, -0.2) is 23.2 Å². The molecule has 9 heteroatoms. The van der Waals surface area contributed by atoms with E-state index in [1.807, 2.05) is 72.8 Å². The van der Waals surface area contributed by atoms with Gasteiger partial charge in [0.1, 0.15) is 22.8 Å². The summed E-state index contributed by atoms with van der Waals surface area (Å²) in [4.78, 5) is 8.46. The molecule has 2 heterocycles. The number of fused-ring (bicyclic) bond motifs is 1. The predicted molar refractivity (Wildman–Crippen MR) is 174 cm³/mol. The fourth-order valence-electron chi connectivity index (χ4n) is 5.63. The lowest BCUT2D eigenvalue weighted by Gasteiger charge is -2.49. The summed E-state index contributed by atoms with van der Waals surface area (Å²) in [7, 11) is 0. The average Bonchev–Trinajstić information content (AvgIpc) is 3.44. The SMILES string of the molecule is Brc1ccc2[nH]c(C3CC4(CCOCC4)C3)nc2c1Oc1ccccc1.Nc1ccc(Br)c(Oc2ccccc2)c1N. The summed E-state index contributed by atoms with van der Waals surface area (Å²) in [5.74, 6) is 4.47. The lowest BCUT2D eigenvalue weighted by molar-refractivity contribution is -0.0410. The Morgan fingerprint density at radius 1 is 0.762 bits per heavy atom. The maximum absolute atomic E-state index is 6.13. The molecule has 0 bridgehead atoms. The molecule has 1 aliphatic carbocycles. The first-order valence-corrected chi connectivity index (χ1v) is 15.5. The molecule has 42 heavy (non-hydrogen) atoms. The van der Waals surface area contributed by atoms with Crippen LogP contribution in [0.15, 0.2) is 93.9 Å². The molecule has 5 aromatic rings. The zero-order valence-corrected chi connectivity index (χ0v) is 26.2. The smallest absolute Gasteiger partial charge is 0.169 e. The minimum atomic E-state index is 0.443. The molecule has 0 radical (unpaired) electrons. The van der Waals surface area contributed by atoms with E-state index in [0.29, 0.717) is 28.5 Å². The quantitative estimate of drug-likeness (QED) is 0.159. The summed E-state index contributed by atoms with van der Waals surface area (Å²) < 4.78 is 19.0. The van der Waals surface area contributed by atoms with Crippen LogP contribution in [0.25, 0.3) is 11.0 Å². The van der Waals surface area contributed by atoms with E-state index >= 15 is 0 Å². The van der Waals surface area contributed by atoms with Crippen molar-refractivity contribution in [3.8, 4) is 23.0 Å². The molecule has 1 saturated carbocycles. The van der Waals surface area contributed by atoms with Gasteiger partial charge in [0.2, 0.25) is 0 Å². The second-order valence-corrected chi connectivity index (χ2v) is 12.5. The van der Waals surface area contributed by atoms with Crippen LogP contribution in [0.3, 0.4) is 0 Å². The summed E-state index contributed by atoms with van der Waals surface area (Å²) in [6.45, 7) is 1.82. The van der Waals surface area contributed by atoms with Crippen LogP contribution < -0.4 is 20.9 Å². The number of H-pyrrole nitrogens is 1. The molecule has 2 fully saturated rings. The van der Waals surface area contributed by atoms with Gasteiger partial charge in [0.15, 0.2) is 11.5 Å². The summed E-state index contributed by atoms with van der Waals surface area (Å²) in [5, 5.41) is 0.